The van der Waals surface area contributed by atoms with Crippen molar-refractivity contribution in [2.45, 2.75) is 12.8 Å². The molecule has 1 aromatic heterocycles. The third-order valence-corrected chi connectivity index (χ3v) is 4.58. The zero-order chi connectivity index (χ0) is 16.6. The van der Waals surface area contributed by atoms with E-state index in [4.69, 9.17) is 9.47 Å². The molecule has 0 spiro atoms. The first-order valence-electron chi connectivity index (χ1n) is 7.51. The maximum absolute atomic E-state index is 12.9. The molecular weight excluding hydrogens is 302 g/mol. The number of carbonyl (C=O) groups is 2. The zero-order valence-corrected chi connectivity index (χ0v) is 13.1. The summed E-state index contributed by atoms with van der Waals surface area (Å²) >= 11 is 0. The van der Waals surface area contributed by atoms with Crippen molar-refractivity contribution in [3.8, 4) is 11.8 Å². The van der Waals surface area contributed by atoms with Crippen molar-refractivity contribution in [2.75, 3.05) is 27.3 Å². The number of methoxy groups -OCH3 is 2. The van der Waals surface area contributed by atoms with Crippen LogP contribution < -0.4 is 9.47 Å². The van der Waals surface area contributed by atoms with Gasteiger partial charge < -0.3 is 19.5 Å². The van der Waals surface area contributed by atoms with E-state index in [1.807, 2.05) is 0 Å². The lowest BCUT2D eigenvalue weighted by molar-refractivity contribution is -0.142. The average molecular weight is 321 g/mol. The number of ether oxygens (including phenoxy) is 2. The summed E-state index contributed by atoms with van der Waals surface area (Å²) in [4.78, 5) is 33.8. The van der Waals surface area contributed by atoms with Crippen LogP contribution in [0.1, 0.15) is 23.2 Å². The van der Waals surface area contributed by atoms with Crippen molar-refractivity contribution in [3.05, 3.63) is 11.9 Å². The van der Waals surface area contributed by atoms with Crippen molar-refractivity contribution in [1.82, 2.24) is 14.9 Å². The van der Waals surface area contributed by atoms with Gasteiger partial charge in [-0.1, -0.05) is 0 Å². The molecular formula is C15H19N3O5. The van der Waals surface area contributed by atoms with Crippen molar-refractivity contribution < 1.29 is 24.2 Å². The summed E-state index contributed by atoms with van der Waals surface area (Å²) in [5.41, 5.74) is 0.137. The fraction of sp³-hybridized carbons (Fsp3) is 0.600. The van der Waals surface area contributed by atoms with Crippen LogP contribution in [0.2, 0.25) is 0 Å². The Labute approximate surface area is 133 Å². The van der Waals surface area contributed by atoms with Gasteiger partial charge in [0.25, 0.3) is 5.91 Å². The number of likely N-dealkylation sites (tertiary alicyclic amines) is 1. The predicted octanol–water partition coefficient (Wildman–Crippen LogP) is 0.677. The number of aromatic nitrogens is 2. The molecule has 1 aromatic rings. The van der Waals surface area contributed by atoms with E-state index in [2.05, 4.69) is 9.97 Å². The van der Waals surface area contributed by atoms with Crippen LogP contribution in [-0.4, -0.2) is 59.2 Å². The van der Waals surface area contributed by atoms with Crippen molar-refractivity contribution in [1.29, 1.82) is 0 Å². The number of aliphatic carboxylic acids is 1. The molecule has 0 radical (unpaired) electrons. The van der Waals surface area contributed by atoms with E-state index in [1.165, 1.54) is 20.5 Å². The quantitative estimate of drug-likeness (QED) is 0.850. The number of carboxylic acids is 1. The summed E-state index contributed by atoms with van der Waals surface area (Å²) in [6.45, 7) is 0.623. The lowest BCUT2D eigenvalue weighted by Gasteiger charge is -2.18. The Morgan fingerprint density at radius 1 is 1.17 bits per heavy atom. The first-order chi connectivity index (χ1) is 11.1. The van der Waals surface area contributed by atoms with Crippen molar-refractivity contribution >= 4 is 11.9 Å². The van der Waals surface area contributed by atoms with Gasteiger partial charge in [0, 0.05) is 13.1 Å². The number of hydrogen-bond acceptors (Lipinski definition) is 6. The maximum Gasteiger partial charge on any atom is 0.308 e. The Hall–Kier alpha value is -2.38. The summed E-state index contributed by atoms with van der Waals surface area (Å²) in [7, 11) is 2.82. The molecule has 2 atom stereocenters. The van der Waals surface area contributed by atoms with Crippen molar-refractivity contribution in [3.63, 3.8) is 0 Å². The summed E-state index contributed by atoms with van der Waals surface area (Å²) < 4.78 is 10.3. The van der Waals surface area contributed by atoms with Crippen LogP contribution in [0, 0.1) is 17.8 Å². The minimum absolute atomic E-state index is 0.0121. The molecule has 124 valence electrons. The molecule has 2 fully saturated rings. The molecule has 0 bridgehead atoms. The van der Waals surface area contributed by atoms with E-state index in [0.29, 0.717) is 12.5 Å². The minimum Gasteiger partial charge on any atom is -0.481 e. The van der Waals surface area contributed by atoms with Gasteiger partial charge in [-0.25, -0.2) is 9.97 Å². The van der Waals surface area contributed by atoms with Gasteiger partial charge in [-0.05, 0) is 24.7 Å². The third kappa shape index (κ3) is 2.80. The Balaban J connectivity index is 1.88. The van der Waals surface area contributed by atoms with Crippen LogP contribution in [-0.2, 0) is 4.79 Å². The average Bonchev–Trinajstić information content (AvgIpc) is 3.31. The lowest BCUT2D eigenvalue weighted by atomic mass is 9.92. The minimum atomic E-state index is -0.847. The highest BCUT2D eigenvalue weighted by Crippen LogP contribution is 2.44. The smallest absolute Gasteiger partial charge is 0.308 e. The van der Waals surface area contributed by atoms with Crippen LogP contribution in [0.25, 0.3) is 0 Å². The summed E-state index contributed by atoms with van der Waals surface area (Å²) in [5, 5.41) is 9.42. The van der Waals surface area contributed by atoms with Gasteiger partial charge in [0.2, 0.25) is 11.8 Å². The van der Waals surface area contributed by atoms with Gasteiger partial charge in [-0.3, -0.25) is 9.59 Å². The molecule has 8 nitrogen and oxygen atoms in total. The topological polar surface area (TPSA) is 102 Å². The third-order valence-electron chi connectivity index (χ3n) is 4.58. The van der Waals surface area contributed by atoms with Crippen LogP contribution in [0.15, 0.2) is 6.33 Å². The van der Waals surface area contributed by atoms with Crippen LogP contribution in [0.5, 0.6) is 11.8 Å². The van der Waals surface area contributed by atoms with Crippen molar-refractivity contribution in [2.24, 2.45) is 17.8 Å². The van der Waals surface area contributed by atoms with Crippen LogP contribution in [0.3, 0.4) is 0 Å². The summed E-state index contributed by atoms with van der Waals surface area (Å²) in [6, 6.07) is 0. The van der Waals surface area contributed by atoms with Gasteiger partial charge in [-0.15, -0.1) is 0 Å². The van der Waals surface area contributed by atoms with E-state index in [1.54, 1.807) is 4.90 Å². The van der Waals surface area contributed by atoms with Gasteiger partial charge in [0.1, 0.15) is 6.33 Å². The fourth-order valence-electron chi connectivity index (χ4n) is 3.26. The van der Waals surface area contributed by atoms with Gasteiger partial charge in [-0.2, -0.15) is 0 Å². The second-order valence-electron chi connectivity index (χ2n) is 5.92. The number of hydrogen-bond donors (Lipinski definition) is 1. The fourth-order valence-corrected chi connectivity index (χ4v) is 3.26. The molecule has 0 unspecified atom stereocenters. The number of rotatable bonds is 5. The monoisotopic (exact) mass is 321 g/mol. The van der Waals surface area contributed by atoms with Gasteiger partial charge in [0.05, 0.1) is 20.1 Å². The molecule has 1 saturated heterocycles. The highest BCUT2D eigenvalue weighted by atomic mass is 16.5. The van der Waals surface area contributed by atoms with E-state index in [9.17, 15) is 14.7 Å². The van der Waals surface area contributed by atoms with E-state index in [-0.39, 0.29) is 35.7 Å². The Morgan fingerprint density at radius 2 is 1.78 bits per heavy atom. The SMILES string of the molecule is COc1ncnc(OC)c1C(=O)N1C[C@H](C(=O)O)[C@@H](C2CC2)C1. The molecule has 1 amide bonds. The molecule has 1 N–H and O–H groups in total. The molecule has 1 aliphatic heterocycles. The number of carbonyl (C=O) groups excluding carboxylic acids is 1. The summed E-state index contributed by atoms with van der Waals surface area (Å²) in [5.74, 6) is -1.04. The first kappa shape index (κ1) is 15.5. The molecule has 8 heteroatoms. The lowest BCUT2D eigenvalue weighted by Crippen LogP contribution is -2.31. The molecule has 3 rings (SSSR count). The maximum atomic E-state index is 12.9. The predicted molar refractivity (Wildman–Crippen MR) is 78.4 cm³/mol. The molecule has 23 heavy (non-hydrogen) atoms. The second-order valence-corrected chi connectivity index (χ2v) is 5.92. The first-order valence-corrected chi connectivity index (χ1v) is 7.51. The van der Waals surface area contributed by atoms with Crippen LogP contribution >= 0.6 is 0 Å². The van der Waals surface area contributed by atoms with Gasteiger partial charge >= 0.3 is 5.97 Å². The molecule has 1 aliphatic carbocycles. The Bertz CT molecular complexity index is 609. The largest absolute Gasteiger partial charge is 0.481 e. The zero-order valence-electron chi connectivity index (χ0n) is 13.1. The van der Waals surface area contributed by atoms with Gasteiger partial charge in [0.15, 0.2) is 5.56 Å². The van der Waals surface area contributed by atoms with E-state index >= 15 is 0 Å². The molecule has 1 saturated carbocycles. The highest BCUT2D eigenvalue weighted by Gasteiger charge is 2.47. The standard InChI is InChI=1S/C15H19N3O5/c1-22-12-11(13(23-2)17-7-16-12)14(19)18-5-9(8-3-4-8)10(6-18)15(20)21/h7-10H,3-6H2,1-2H3,(H,20,21)/t9-,10+/m1/s1. The number of amides is 1. The molecule has 2 aliphatic rings. The number of carboxylic acid groups (broad SMARTS) is 1. The molecule has 0 aromatic carbocycles. The normalized spacial score (nSPS) is 23.7. The van der Waals surface area contributed by atoms with Crippen LogP contribution in [0.4, 0.5) is 0 Å². The second kappa shape index (κ2) is 6.02. The highest BCUT2D eigenvalue weighted by molar-refractivity contribution is 5.99. The Morgan fingerprint density at radius 3 is 2.26 bits per heavy atom. The summed E-state index contributed by atoms with van der Waals surface area (Å²) in [6.07, 6.45) is 3.33. The Kier molecular flexibility index (Phi) is 4.06. The van der Waals surface area contributed by atoms with E-state index < -0.39 is 11.9 Å². The van der Waals surface area contributed by atoms with E-state index in [0.717, 1.165) is 12.8 Å². The number of nitrogens with zero attached hydrogens (tertiary/aromatic N) is 3. The molecule has 2 heterocycles.